The summed E-state index contributed by atoms with van der Waals surface area (Å²) in [5.74, 6) is 6.51. The first-order valence-corrected chi connectivity index (χ1v) is 6.09. The number of aliphatic hydroxyl groups is 1. The number of methoxy groups -OCH3 is 1. The Morgan fingerprint density at radius 3 is 2.59 bits per heavy atom. The molecule has 0 saturated heterocycles. The van der Waals surface area contributed by atoms with Gasteiger partial charge in [-0.05, 0) is 29.1 Å². The van der Waals surface area contributed by atoms with Gasteiger partial charge in [0.2, 0.25) is 0 Å². The van der Waals surface area contributed by atoms with Gasteiger partial charge >= 0.3 is 0 Å². The summed E-state index contributed by atoms with van der Waals surface area (Å²) in [6.45, 7) is 0. The summed E-state index contributed by atoms with van der Waals surface area (Å²) < 4.78 is 5.05. The Hall–Kier alpha value is -1.76. The van der Waals surface area contributed by atoms with E-state index in [4.69, 9.17) is 4.74 Å². The number of benzene rings is 1. The summed E-state index contributed by atoms with van der Waals surface area (Å²) in [5.41, 5.74) is 1.70. The maximum Gasteiger partial charge on any atom is 0.140 e. The molecule has 0 bridgehead atoms. The molecule has 0 radical (unpaired) electrons. The van der Waals surface area contributed by atoms with Crippen molar-refractivity contribution in [2.24, 2.45) is 0 Å². The van der Waals surface area contributed by atoms with Crippen molar-refractivity contribution < 1.29 is 9.84 Å². The van der Waals surface area contributed by atoms with Crippen LogP contribution in [0.3, 0.4) is 0 Å². The molecule has 1 N–H and O–H groups in total. The van der Waals surface area contributed by atoms with Crippen LogP contribution in [0.1, 0.15) is 17.2 Å². The second-order valence-electron chi connectivity index (χ2n) is 3.46. The fourth-order valence-electron chi connectivity index (χ4n) is 1.36. The lowest BCUT2D eigenvalue weighted by molar-refractivity contribution is 0.238. The van der Waals surface area contributed by atoms with Gasteiger partial charge < -0.3 is 9.84 Å². The maximum atomic E-state index is 9.87. The Morgan fingerprint density at radius 1 is 1.24 bits per heavy atom. The number of rotatable bonds is 2. The van der Waals surface area contributed by atoms with Crippen molar-refractivity contribution in [3.05, 3.63) is 52.2 Å². The SMILES string of the molecule is COc1ccc(C(O)C#Cc2ccsc2)cc1. The summed E-state index contributed by atoms with van der Waals surface area (Å²) >= 11 is 1.59. The Kier molecular flexibility index (Phi) is 3.81. The van der Waals surface area contributed by atoms with E-state index in [2.05, 4.69) is 11.8 Å². The molecule has 0 saturated carbocycles. The first-order valence-electron chi connectivity index (χ1n) is 5.15. The highest BCUT2D eigenvalue weighted by atomic mass is 32.1. The first-order chi connectivity index (χ1) is 8.29. The van der Waals surface area contributed by atoms with Gasteiger partial charge in [-0.3, -0.25) is 0 Å². The number of ether oxygens (including phenoxy) is 1. The van der Waals surface area contributed by atoms with Crippen molar-refractivity contribution in [2.45, 2.75) is 6.10 Å². The molecule has 0 amide bonds. The molecular formula is C14H12O2S. The van der Waals surface area contributed by atoms with E-state index in [0.717, 1.165) is 16.9 Å². The maximum absolute atomic E-state index is 9.87. The molecule has 86 valence electrons. The Balaban J connectivity index is 2.11. The van der Waals surface area contributed by atoms with Gasteiger partial charge in [0.1, 0.15) is 11.9 Å². The average Bonchev–Trinajstić information content (AvgIpc) is 2.89. The zero-order chi connectivity index (χ0) is 12.1. The Labute approximate surface area is 104 Å². The molecule has 2 aromatic rings. The molecule has 1 atom stereocenters. The molecule has 17 heavy (non-hydrogen) atoms. The van der Waals surface area contributed by atoms with Crippen LogP contribution in [-0.4, -0.2) is 12.2 Å². The van der Waals surface area contributed by atoms with Crippen LogP contribution >= 0.6 is 11.3 Å². The molecule has 3 heteroatoms. The first kappa shape index (κ1) is 11.7. The average molecular weight is 244 g/mol. The van der Waals surface area contributed by atoms with Gasteiger partial charge in [-0.1, -0.05) is 24.0 Å². The van der Waals surface area contributed by atoms with Crippen LogP contribution in [-0.2, 0) is 0 Å². The zero-order valence-electron chi connectivity index (χ0n) is 9.38. The lowest BCUT2D eigenvalue weighted by Gasteiger charge is -2.04. The smallest absolute Gasteiger partial charge is 0.140 e. The van der Waals surface area contributed by atoms with Crippen LogP contribution in [0.25, 0.3) is 0 Å². The molecule has 0 fully saturated rings. The van der Waals surface area contributed by atoms with Crippen LogP contribution in [0, 0.1) is 11.8 Å². The molecule has 1 unspecified atom stereocenters. The topological polar surface area (TPSA) is 29.5 Å². The van der Waals surface area contributed by atoms with Crippen LogP contribution < -0.4 is 4.74 Å². The highest BCUT2D eigenvalue weighted by molar-refractivity contribution is 7.08. The van der Waals surface area contributed by atoms with Crippen molar-refractivity contribution >= 4 is 11.3 Å². The fraction of sp³-hybridized carbons (Fsp3) is 0.143. The van der Waals surface area contributed by atoms with E-state index in [-0.39, 0.29) is 0 Å². The minimum absolute atomic E-state index is 0.763. The van der Waals surface area contributed by atoms with Crippen molar-refractivity contribution in [3.8, 4) is 17.6 Å². The van der Waals surface area contributed by atoms with Gasteiger partial charge in [0, 0.05) is 10.9 Å². The quantitative estimate of drug-likeness (QED) is 0.823. The van der Waals surface area contributed by atoms with Gasteiger partial charge in [0.05, 0.1) is 7.11 Å². The third-order valence-electron chi connectivity index (χ3n) is 2.31. The summed E-state index contributed by atoms with van der Waals surface area (Å²) in [6.07, 6.45) is -0.763. The molecule has 1 aromatic heterocycles. The third-order valence-corrected chi connectivity index (χ3v) is 2.99. The molecule has 0 aliphatic rings. The molecular weight excluding hydrogens is 232 g/mol. The van der Waals surface area contributed by atoms with Gasteiger partial charge in [-0.2, -0.15) is 11.3 Å². The standard InChI is InChI=1S/C14H12O2S/c1-16-13-5-3-12(4-6-13)14(15)7-2-11-8-9-17-10-11/h3-6,8-10,14-15H,1H3. The van der Waals surface area contributed by atoms with Gasteiger partial charge in [0.25, 0.3) is 0 Å². The van der Waals surface area contributed by atoms with E-state index in [1.165, 1.54) is 0 Å². The monoisotopic (exact) mass is 244 g/mol. The number of hydrogen-bond acceptors (Lipinski definition) is 3. The van der Waals surface area contributed by atoms with E-state index in [0.29, 0.717) is 0 Å². The van der Waals surface area contributed by atoms with Gasteiger partial charge in [-0.25, -0.2) is 0 Å². The van der Waals surface area contributed by atoms with E-state index < -0.39 is 6.10 Å². The van der Waals surface area contributed by atoms with E-state index in [1.54, 1.807) is 18.4 Å². The van der Waals surface area contributed by atoms with Crippen LogP contribution in [0.2, 0.25) is 0 Å². The number of thiophene rings is 1. The zero-order valence-corrected chi connectivity index (χ0v) is 10.2. The Morgan fingerprint density at radius 2 is 2.00 bits per heavy atom. The van der Waals surface area contributed by atoms with E-state index in [1.807, 2.05) is 41.1 Å². The summed E-state index contributed by atoms with van der Waals surface area (Å²) in [7, 11) is 1.61. The van der Waals surface area contributed by atoms with Crippen molar-refractivity contribution in [2.75, 3.05) is 7.11 Å². The van der Waals surface area contributed by atoms with E-state index in [9.17, 15) is 5.11 Å². The Bertz CT molecular complexity index is 518. The molecule has 2 nitrogen and oxygen atoms in total. The van der Waals surface area contributed by atoms with Crippen LogP contribution in [0.15, 0.2) is 41.1 Å². The minimum Gasteiger partial charge on any atom is -0.497 e. The van der Waals surface area contributed by atoms with Crippen molar-refractivity contribution in [1.29, 1.82) is 0 Å². The molecule has 1 aromatic carbocycles. The summed E-state index contributed by atoms with van der Waals surface area (Å²) in [5, 5.41) is 13.8. The van der Waals surface area contributed by atoms with E-state index >= 15 is 0 Å². The highest BCUT2D eigenvalue weighted by Gasteiger charge is 2.03. The number of hydrogen-bond donors (Lipinski definition) is 1. The fourth-order valence-corrected chi connectivity index (χ4v) is 1.94. The largest absolute Gasteiger partial charge is 0.497 e. The van der Waals surface area contributed by atoms with Gasteiger partial charge in [0.15, 0.2) is 0 Å². The minimum atomic E-state index is -0.763. The van der Waals surface area contributed by atoms with Crippen molar-refractivity contribution in [1.82, 2.24) is 0 Å². The lowest BCUT2D eigenvalue weighted by Crippen LogP contribution is -1.93. The molecule has 0 aliphatic heterocycles. The molecule has 1 heterocycles. The summed E-state index contributed by atoms with van der Waals surface area (Å²) in [4.78, 5) is 0. The second kappa shape index (κ2) is 5.53. The summed E-state index contributed by atoms with van der Waals surface area (Å²) in [6, 6.07) is 9.17. The van der Waals surface area contributed by atoms with Crippen molar-refractivity contribution in [3.63, 3.8) is 0 Å². The number of aliphatic hydroxyl groups excluding tert-OH is 1. The van der Waals surface area contributed by atoms with Crippen LogP contribution in [0.5, 0.6) is 5.75 Å². The molecule has 2 rings (SSSR count). The van der Waals surface area contributed by atoms with Crippen LogP contribution in [0.4, 0.5) is 0 Å². The lowest BCUT2D eigenvalue weighted by atomic mass is 10.1. The predicted octanol–water partition coefficient (Wildman–Crippen LogP) is 2.84. The third kappa shape index (κ3) is 3.10. The normalized spacial score (nSPS) is 11.4. The van der Waals surface area contributed by atoms with Gasteiger partial charge in [-0.15, -0.1) is 0 Å². The molecule has 0 aliphatic carbocycles. The molecule has 0 spiro atoms. The highest BCUT2D eigenvalue weighted by Crippen LogP contribution is 2.17. The second-order valence-corrected chi connectivity index (χ2v) is 4.24. The predicted molar refractivity (Wildman–Crippen MR) is 69.2 cm³/mol.